The van der Waals surface area contributed by atoms with Crippen molar-refractivity contribution in [2.24, 2.45) is 5.92 Å². The summed E-state index contributed by atoms with van der Waals surface area (Å²) in [6.07, 6.45) is 3.16. The van der Waals surface area contributed by atoms with Gasteiger partial charge in [-0.05, 0) is 60.9 Å². The van der Waals surface area contributed by atoms with Crippen LogP contribution in [0.4, 0.5) is 9.59 Å². The Balaban J connectivity index is 1.16. The van der Waals surface area contributed by atoms with Crippen LogP contribution in [0.5, 0.6) is 5.75 Å². The van der Waals surface area contributed by atoms with Gasteiger partial charge < -0.3 is 44.6 Å². The number of carbonyl (C=O) groups is 4. The lowest BCUT2D eigenvalue weighted by Crippen LogP contribution is -2.51. The molecular weight excluding hydrogens is 704 g/mol. The number of hydrogen-bond acceptors (Lipinski definition) is 9. The predicted octanol–water partition coefficient (Wildman–Crippen LogP) is 5.77. The van der Waals surface area contributed by atoms with E-state index in [4.69, 9.17) is 14.5 Å². The van der Waals surface area contributed by atoms with Crippen molar-refractivity contribution < 1.29 is 33.4 Å². The quantitative estimate of drug-likeness (QED) is 0.148. The molecule has 0 bridgehead atoms. The molecule has 4 amide bonds. The van der Waals surface area contributed by atoms with Crippen LogP contribution in [0.1, 0.15) is 76.4 Å². The van der Waals surface area contributed by atoms with Gasteiger partial charge in [0.15, 0.2) is 0 Å². The first-order valence-electron chi connectivity index (χ1n) is 18.7. The number of imidazole rings is 2. The largest absolute Gasteiger partial charge is 0.492 e. The summed E-state index contributed by atoms with van der Waals surface area (Å²) in [5, 5.41) is 5.29. The number of rotatable bonds is 11. The van der Waals surface area contributed by atoms with Gasteiger partial charge in [0, 0.05) is 31.3 Å². The second-order valence-corrected chi connectivity index (χ2v) is 14.3. The Bertz CT molecular complexity index is 2020. The third-order valence-electron chi connectivity index (χ3n) is 10.5. The lowest BCUT2D eigenvalue weighted by Gasteiger charge is -2.30. The Hall–Kier alpha value is -5.86. The van der Waals surface area contributed by atoms with E-state index < -0.39 is 24.3 Å². The number of nitrogens with zero attached hydrogens (tertiary/aromatic N) is 4. The first-order valence-corrected chi connectivity index (χ1v) is 18.7. The summed E-state index contributed by atoms with van der Waals surface area (Å²) in [6, 6.07) is 12.2. The van der Waals surface area contributed by atoms with Gasteiger partial charge in [-0.3, -0.25) is 9.59 Å². The van der Waals surface area contributed by atoms with Crippen molar-refractivity contribution >= 4 is 24.0 Å². The molecule has 55 heavy (non-hydrogen) atoms. The van der Waals surface area contributed by atoms with Gasteiger partial charge in [0.05, 0.1) is 50.5 Å². The van der Waals surface area contributed by atoms with E-state index in [2.05, 4.69) is 42.5 Å². The fourth-order valence-electron chi connectivity index (χ4n) is 7.16. The second-order valence-electron chi connectivity index (χ2n) is 14.3. The maximum absolute atomic E-state index is 13.6. The van der Waals surface area contributed by atoms with E-state index in [9.17, 15) is 19.2 Å². The minimum absolute atomic E-state index is 0.112. The minimum atomic E-state index is -0.715. The van der Waals surface area contributed by atoms with Crippen LogP contribution in [0.15, 0.2) is 48.7 Å². The molecule has 2 aliphatic rings. The average Bonchev–Trinajstić information content (AvgIpc) is 3.96. The number of ether oxygens (including phenoxy) is 3. The molecule has 4 N–H and O–H groups in total. The Morgan fingerprint density at radius 1 is 0.982 bits per heavy atom. The molecule has 0 saturated carbocycles. The number of nitrogens with one attached hydrogen (secondary N) is 4. The van der Waals surface area contributed by atoms with Crippen LogP contribution in [-0.4, -0.2) is 100 Å². The number of carbonyl (C=O) groups excluding carboxylic acids is 4. The summed E-state index contributed by atoms with van der Waals surface area (Å²) in [5.74, 6) is 1.58. The zero-order chi connectivity index (χ0) is 39.4. The lowest BCUT2D eigenvalue weighted by atomic mass is 9.99. The molecule has 0 radical (unpaired) electrons. The molecule has 0 unspecified atom stereocenters. The minimum Gasteiger partial charge on any atom is -0.492 e. The number of likely N-dealkylation sites (tertiary alicyclic amines) is 1. The normalized spacial score (nSPS) is 16.5. The van der Waals surface area contributed by atoms with Gasteiger partial charge >= 0.3 is 12.2 Å². The summed E-state index contributed by atoms with van der Waals surface area (Å²) in [5.41, 5.74) is 6.36. The molecule has 0 spiro atoms. The van der Waals surface area contributed by atoms with Crippen molar-refractivity contribution in [2.45, 2.75) is 77.5 Å². The van der Waals surface area contributed by atoms with E-state index in [0.29, 0.717) is 37.6 Å². The monoisotopic (exact) mass is 754 g/mol. The fourth-order valence-corrected chi connectivity index (χ4v) is 7.16. The molecule has 4 aromatic rings. The van der Waals surface area contributed by atoms with E-state index in [0.717, 1.165) is 57.9 Å². The van der Waals surface area contributed by atoms with Crippen LogP contribution in [0.25, 0.3) is 33.6 Å². The van der Waals surface area contributed by atoms with Crippen LogP contribution in [0, 0.1) is 5.92 Å². The molecule has 4 atom stereocenters. The Labute approximate surface area is 320 Å². The van der Waals surface area contributed by atoms with Gasteiger partial charge in [0.25, 0.3) is 0 Å². The van der Waals surface area contributed by atoms with Crippen LogP contribution in [0.2, 0.25) is 0 Å². The summed E-state index contributed by atoms with van der Waals surface area (Å²) in [6.45, 7) is 8.56. The fraction of sp³-hybridized carbons (Fsp3) is 0.450. The van der Waals surface area contributed by atoms with Gasteiger partial charge in [-0.2, -0.15) is 0 Å². The van der Waals surface area contributed by atoms with Gasteiger partial charge in [0.1, 0.15) is 29.5 Å². The van der Waals surface area contributed by atoms with Crippen LogP contribution in [0.3, 0.4) is 0 Å². The predicted molar refractivity (Wildman–Crippen MR) is 205 cm³/mol. The van der Waals surface area contributed by atoms with Gasteiger partial charge in [0.2, 0.25) is 11.8 Å². The molecular formula is C40H50N8O7. The summed E-state index contributed by atoms with van der Waals surface area (Å²) < 4.78 is 15.7. The molecule has 1 saturated heterocycles. The number of methoxy groups -OCH3 is 2. The van der Waals surface area contributed by atoms with Crippen molar-refractivity contribution in [3.8, 4) is 39.4 Å². The third-order valence-corrected chi connectivity index (χ3v) is 10.5. The van der Waals surface area contributed by atoms with Gasteiger partial charge in [-0.15, -0.1) is 0 Å². The Morgan fingerprint density at radius 3 is 2.36 bits per heavy atom. The maximum atomic E-state index is 13.6. The van der Waals surface area contributed by atoms with E-state index in [1.807, 2.05) is 58.0 Å². The number of fused-ring (bicyclic) bond motifs is 3. The molecule has 15 nitrogen and oxygen atoms in total. The second kappa shape index (κ2) is 16.7. The first kappa shape index (κ1) is 38.9. The van der Waals surface area contributed by atoms with E-state index in [-0.39, 0.29) is 29.8 Å². The number of likely N-dealkylation sites (N-methyl/N-ethyl adjacent to an activating group) is 1. The molecule has 2 aromatic heterocycles. The van der Waals surface area contributed by atoms with Crippen molar-refractivity contribution in [3.63, 3.8) is 0 Å². The van der Waals surface area contributed by atoms with E-state index >= 15 is 0 Å². The first-order chi connectivity index (χ1) is 26.4. The van der Waals surface area contributed by atoms with Crippen molar-refractivity contribution in [3.05, 3.63) is 66.0 Å². The number of aromatic amines is 2. The van der Waals surface area contributed by atoms with Crippen molar-refractivity contribution in [2.75, 3.05) is 34.4 Å². The smallest absolute Gasteiger partial charge is 0.407 e. The zero-order valence-electron chi connectivity index (χ0n) is 32.4. The van der Waals surface area contributed by atoms with Crippen LogP contribution >= 0.6 is 0 Å². The zero-order valence-corrected chi connectivity index (χ0v) is 32.4. The molecule has 4 heterocycles. The molecule has 1 fully saturated rings. The number of hydrogen-bond donors (Lipinski definition) is 4. The topological polar surface area (TPSA) is 184 Å². The number of alkyl carbamates (subject to hydrolysis) is 2. The molecule has 2 aromatic carbocycles. The summed E-state index contributed by atoms with van der Waals surface area (Å²) in [4.78, 5) is 70.4. The summed E-state index contributed by atoms with van der Waals surface area (Å²) >= 11 is 0. The molecule has 0 aliphatic carbocycles. The molecule has 6 rings (SSSR count). The number of amides is 4. The maximum Gasteiger partial charge on any atom is 0.407 e. The SMILES string of the molecule is CC[C@H](NC(=O)OC)C(=O)N(C)[C@@H](C)c1nc2c([nH]1)CCOc1cc(-c3ccc(-c4cnc([C@@H]5CCCN5C(=O)[C@@H](NC(=O)OC)C(C)C)[nH]4)cc3)ccc1-2. The van der Waals surface area contributed by atoms with Crippen molar-refractivity contribution in [1.82, 2.24) is 40.4 Å². The highest BCUT2D eigenvalue weighted by Crippen LogP contribution is 2.39. The van der Waals surface area contributed by atoms with Crippen LogP contribution < -0.4 is 15.4 Å². The Morgan fingerprint density at radius 2 is 1.67 bits per heavy atom. The summed E-state index contributed by atoms with van der Waals surface area (Å²) in [7, 11) is 4.25. The standard InChI is InChI=1S/C40H50N8O7/c1-8-28(44-39(51)53-6)37(49)47(5)23(4)35-42-29-17-19-55-32-20-26(15-16-27(32)34(29)45-35)24-11-13-25(14-12-24)30-21-41-36(43-30)31-10-9-18-48(31)38(50)33(22(2)3)46-40(52)54-7/h11-16,20-23,28,31,33H,8-10,17-19H2,1-7H3,(H,41,43)(H,42,45)(H,44,51)(H,46,52)/t23-,28-,31-,33-/m0/s1. The molecule has 292 valence electrons. The Kier molecular flexibility index (Phi) is 11.8. The number of aromatic nitrogens is 4. The van der Waals surface area contributed by atoms with Crippen molar-refractivity contribution in [1.29, 1.82) is 0 Å². The highest BCUT2D eigenvalue weighted by atomic mass is 16.5. The number of benzene rings is 2. The van der Waals surface area contributed by atoms with E-state index in [1.165, 1.54) is 14.2 Å². The number of H-pyrrole nitrogens is 2. The van der Waals surface area contributed by atoms with Gasteiger partial charge in [-0.25, -0.2) is 19.6 Å². The van der Waals surface area contributed by atoms with Gasteiger partial charge in [-0.1, -0.05) is 51.1 Å². The molecule has 15 heteroatoms. The lowest BCUT2D eigenvalue weighted by molar-refractivity contribution is -0.135. The van der Waals surface area contributed by atoms with Crippen LogP contribution in [-0.2, 0) is 25.5 Å². The average molecular weight is 755 g/mol. The van der Waals surface area contributed by atoms with E-state index in [1.54, 1.807) is 23.0 Å². The highest BCUT2D eigenvalue weighted by molar-refractivity contribution is 5.87. The third kappa shape index (κ3) is 8.15. The highest BCUT2D eigenvalue weighted by Gasteiger charge is 2.37. The molecule has 2 aliphatic heterocycles.